The van der Waals surface area contributed by atoms with Crippen molar-refractivity contribution in [3.05, 3.63) is 65.9 Å². The van der Waals surface area contributed by atoms with Crippen LogP contribution in [0.15, 0.2) is 54.7 Å². The van der Waals surface area contributed by atoms with Gasteiger partial charge in [0.15, 0.2) is 0 Å². The van der Waals surface area contributed by atoms with Gasteiger partial charge in [0, 0.05) is 35.1 Å². The number of alkyl halides is 3. The van der Waals surface area contributed by atoms with E-state index in [1.165, 1.54) is 12.3 Å². The molecule has 0 fully saturated rings. The van der Waals surface area contributed by atoms with Crippen molar-refractivity contribution in [1.29, 1.82) is 0 Å². The van der Waals surface area contributed by atoms with Gasteiger partial charge in [0.1, 0.15) is 0 Å². The van der Waals surface area contributed by atoms with Crippen molar-refractivity contribution in [3.8, 4) is 0 Å². The van der Waals surface area contributed by atoms with Gasteiger partial charge in [-0.3, -0.25) is 9.78 Å². The number of benzene rings is 2. The number of nitrogens with zero attached hydrogens (tertiary/aromatic N) is 1. The topological polar surface area (TPSA) is 54.0 Å². The van der Waals surface area contributed by atoms with E-state index in [0.717, 1.165) is 24.2 Å². The van der Waals surface area contributed by atoms with E-state index in [1.54, 1.807) is 30.3 Å². The molecule has 0 saturated heterocycles. The highest BCUT2D eigenvalue weighted by molar-refractivity contribution is 5.95. The summed E-state index contributed by atoms with van der Waals surface area (Å²) in [4.78, 5) is 16.0. The van der Waals surface area contributed by atoms with Gasteiger partial charge in [-0.05, 0) is 48.9 Å². The summed E-state index contributed by atoms with van der Waals surface area (Å²) in [7, 11) is 0. The number of anilines is 2. The van der Waals surface area contributed by atoms with E-state index in [1.807, 2.05) is 6.92 Å². The van der Waals surface area contributed by atoms with Crippen LogP contribution in [-0.2, 0) is 6.18 Å². The number of nitrogens with one attached hydrogen (secondary N) is 2. The molecule has 1 aromatic heterocycles. The van der Waals surface area contributed by atoms with Gasteiger partial charge < -0.3 is 10.6 Å². The van der Waals surface area contributed by atoms with Crippen molar-refractivity contribution < 1.29 is 18.0 Å². The molecule has 0 unspecified atom stereocenters. The van der Waals surface area contributed by atoms with Crippen molar-refractivity contribution in [1.82, 2.24) is 10.3 Å². The first-order valence-corrected chi connectivity index (χ1v) is 8.49. The van der Waals surface area contributed by atoms with E-state index in [0.29, 0.717) is 23.2 Å². The second-order valence-electron chi connectivity index (χ2n) is 6.05. The fourth-order valence-corrected chi connectivity index (χ4v) is 2.63. The molecule has 27 heavy (non-hydrogen) atoms. The Hall–Kier alpha value is -3.09. The van der Waals surface area contributed by atoms with Gasteiger partial charge in [-0.15, -0.1) is 0 Å². The van der Waals surface area contributed by atoms with E-state index in [-0.39, 0.29) is 11.4 Å². The van der Waals surface area contributed by atoms with Crippen LogP contribution in [0.4, 0.5) is 24.5 Å². The third kappa shape index (κ3) is 4.36. The highest BCUT2D eigenvalue weighted by atomic mass is 19.4. The zero-order chi connectivity index (χ0) is 19.4. The molecular formula is C20H18F3N3O. The maximum absolute atomic E-state index is 12.9. The molecular weight excluding hydrogens is 355 g/mol. The predicted molar refractivity (Wildman–Crippen MR) is 99.1 cm³/mol. The molecule has 1 amide bonds. The fourth-order valence-electron chi connectivity index (χ4n) is 2.63. The van der Waals surface area contributed by atoms with E-state index in [2.05, 4.69) is 15.6 Å². The lowest BCUT2D eigenvalue weighted by Crippen LogP contribution is -2.23. The number of carbonyl (C=O) groups is 1. The van der Waals surface area contributed by atoms with Crippen molar-refractivity contribution in [2.75, 3.05) is 11.9 Å². The second-order valence-corrected chi connectivity index (χ2v) is 6.05. The SMILES string of the molecule is CCCNC(=O)c1ccc(Nc2ccnc3cc(C(F)(F)F)ccc23)cc1. The maximum atomic E-state index is 12.9. The lowest BCUT2D eigenvalue weighted by molar-refractivity contribution is -0.137. The summed E-state index contributed by atoms with van der Waals surface area (Å²) >= 11 is 0. The first-order valence-electron chi connectivity index (χ1n) is 8.49. The number of carbonyl (C=O) groups excluding carboxylic acids is 1. The van der Waals surface area contributed by atoms with Gasteiger partial charge in [0.25, 0.3) is 5.91 Å². The number of hydrogen-bond acceptors (Lipinski definition) is 3. The number of pyridine rings is 1. The third-order valence-electron chi connectivity index (χ3n) is 4.03. The first kappa shape index (κ1) is 18.7. The number of rotatable bonds is 5. The van der Waals surface area contributed by atoms with Gasteiger partial charge in [-0.2, -0.15) is 13.2 Å². The van der Waals surface area contributed by atoms with E-state index >= 15 is 0 Å². The minimum absolute atomic E-state index is 0.141. The van der Waals surface area contributed by atoms with Crippen molar-refractivity contribution >= 4 is 28.2 Å². The number of halogens is 3. The zero-order valence-corrected chi connectivity index (χ0v) is 14.6. The van der Waals surface area contributed by atoms with E-state index < -0.39 is 11.7 Å². The van der Waals surface area contributed by atoms with Crippen LogP contribution in [0.1, 0.15) is 29.3 Å². The molecule has 0 aliphatic rings. The Kier molecular flexibility index (Phi) is 5.30. The van der Waals surface area contributed by atoms with Gasteiger partial charge in [-0.25, -0.2) is 0 Å². The van der Waals surface area contributed by atoms with E-state index in [4.69, 9.17) is 0 Å². The van der Waals surface area contributed by atoms with Gasteiger partial charge >= 0.3 is 6.18 Å². The monoisotopic (exact) mass is 373 g/mol. The number of amides is 1. The minimum atomic E-state index is -4.41. The Morgan fingerprint density at radius 1 is 1.07 bits per heavy atom. The molecule has 0 aliphatic carbocycles. The Balaban J connectivity index is 1.83. The van der Waals surface area contributed by atoms with Crippen molar-refractivity contribution in [3.63, 3.8) is 0 Å². The molecule has 3 aromatic rings. The normalized spacial score (nSPS) is 11.4. The summed E-state index contributed by atoms with van der Waals surface area (Å²) in [6.07, 6.45) is -2.10. The molecule has 4 nitrogen and oxygen atoms in total. The van der Waals surface area contributed by atoms with Crippen LogP contribution in [0, 0.1) is 0 Å². The summed E-state index contributed by atoms with van der Waals surface area (Å²) < 4.78 is 38.6. The molecule has 0 bridgehead atoms. The lowest BCUT2D eigenvalue weighted by atomic mass is 10.1. The smallest absolute Gasteiger partial charge is 0.355 e. The molecule has 0 spiro atoms. The summed E-state index contributed by atoms with van der Waals surface area (Å²) in [5.41, 5.74) is 1.42. The van der Waals surface area contributed by atoms with Crippen molar-refractivity contribution in [2.24, 2.45) is 0 Å². The number of aromatic nitrogens is 1. The maximum Gasteiger partial charge on any atom is 0.416 e. The molecule has 0 radical (unpaired) electrons. The van der Waals surface area contributed by atoms with Crippen molar-refractivity contribution in [2.45, 2.75) is 19.5 Å². The zero-order valence-electron chi connectivity index (χ0n) is 14.6. The van der Waals surface area contributed by atoms with Crippen LogP contribution in [0.3, 0.4) is 0 Å². The Morgan fingerprint density at radius 3 is 2.48 bits per heavy atom. The quantitative estimate of drug-likeness (QED) is 0.651. The van der Waals surface area contributed by atoms with Crippen LogP contribution >= 0.6 is 0 Å². The molecule has 2 aromatic carbocycles. The Labute approximate surface area is 154 Å². The highest BCUT2D eigenvalue weighted by Gasteiger charge is 2.30. The van der Waals surface area contributed by atoms with Crippen LogP contribution in [-0.4, -0.2) is 17.4 Å². The fraction of sp³-hybridized carbons (Fsp3) is 0.200. The molecule has 2 N–H and O–H groups in total. The average molecular weight is 373 g/mol. The van der Waals surface area contributed by atoms with Crippen LogP contribution in [0.25, 0.3) is 10.9 Å². The third-order valence-corrected chi connectivity index (χ3v) is 4.03. The number of fused-ring (bicyclic) bond motifs is 1. The molecule has 0 saturated carbocycles. The van der Waals surface area contributed by atoms with Gasteiger partial charge in [-0.1, -0.05) is 13.0 Å². The van der Waals surface area contributed by atoms with Gasteiger partial charge in [0.05, 0.1) is 11.1 Å². The Bertz CT molecular complexity index is 953. The second kappa shape index (κ2) is 7.65. The average Bonchev–Trinajstić information content (AvgIpc) is 2.66. The summed E-state index contributed by atoms with van der Waals surface area (Å²) in [5.74, 6) is -0.141. The standard InChI is InChI=1S/C20H18F3N3O/c1-2-10-25-19(27)13-3-6-15(7-4-13)26-17-9-11-24-18-12-14(20(21,22)23)5-8-16(17)18/h3-9,11-12H,2,10H2,1H3,(H,24,26)(H,25,27). The first-order chi connectivity index (χ1) is 12.9. The highest BCUT2D eigenvalue weighted by Crippen LogP contribution is 2.33. The molecule has 7 heteroatoms. The largest absolute Gasteiger partial charge is 0.416 e. The molecule has 140 valence electrons. The molecule has 0 atom stereocenters. The molecule has 3 rings (SSSR count). The molecule has 1 heterocycles. The van der Waals surface area contributed by atoms with Crippen LogP contribution in [0.2, 0.25) is 0 Å². The predicted octanol–water partition coefficient (Wildman–Crippen LogP) is 5.14. The van der Waals surface area contributed by atoms with Gasteiger partial charge in [0.2, 0.25) is 0 Å². The van der Waals surface area contributed by atoms with Crippen LogP contribution in [0.5, 0.6) is 0 Å². The lowest BCUT2D eigenvalue weighted by Gasteiger charge is -2.12. The van der Waals surface area contributed by atoms with Crippen LogP contribution < -0.4 is 10.6 Å². The summed E-state index contributed by atoms with van der Waals surface area (Å²) in [6, 6.07) is 12.0. The minimum Gasteiger partial charge on any atom is -0.355 e. The summed E-state index contributed by atoms with van der Waals surface area (Å²) in [5, 5.41) is 6.54. The number of hydrogen-bond donors (Lipinski definition) is 2. The summed E-state index contributed by atoms with van der Waals surface area (Å²) in [6.45, 7) is 2.59. The van der Waals surface area contributed by atoms with E-state index in [9.17, 15) is 18.0 Å². The Morgan fingerprint density at radius 2 is 1.81 bits per heavy atom. The molecule has 0 aliphatic heterocycles.